The molecule has 0 spiro atoms. The fraction of sp³-hybridized carbons (Fsp3) is 0.400. The lowest BCUT2D eigenvalue weighted by atomic mass is 9.78. The van der Waals surface area contributed by atoms with E-state index in [0.29, 0.717) is 0 Å². The quantitative estimate of drug-likeness (QED) is 0.334. The van der Waals surface area contributed by atoms with E-state index in [1.807, 2.05) is 6.08 Å². The third-order valence-corrected chi connectivity index (χ3v) is 7.21. The Balaban J connectivity index is 1.38. The van der Waals surface area contributed by atoms with E-state index in [4.69, 9.17) is 0 Å². The van der Waals surface area contributed by atoms with Crippen LogP contribution < -0.4 is 0 Å². The van der Waals surface area contributed by atoms with Gasteiger partial charge in [-0.1, -0.05) is 99.7 Å². The number of fused-ring (bicyclic) bond motifs is 1. The van der Waals surface area contributed by atoms with Crippen LogP contribution in [0.15, 0.2) is 73.3 Å². The first kappa shape index (κ1) is 20.9. The Bertz CT molecular complexity index is 955. The van der Waals surface area contributed by atoms with E-state index in [9.17, 15) is 0 Å². The Morgan fingerprint density at radius 2 is 1.37 bits per heavy atom. The average Bonchev–Trinajstić information content (AvgIpc) is 2.81. The first-order valence-corrected chi connectivity index (χ1v) is 12.0. The van der Waals surface area contributed by atoms with Gasteiger partial charge in [0, 0.05) is 0 Å². The first-order valence-electron chi connectivity index (χ1n) is 12.0. The summed E-state index contributed by atoms with van der Waals surface area (Å²) in [7, 11) is 0. The molecule has 1 aliphatic carbocycles. The lowest BCUT2D eigenvalue weighted by Crippen LogP contribution is -2.14. The van der Waals surface area contributed by atoms with Gasteiger partial charge in [0.05, 0.1) is 0 Å². The molecule has 1 fully saturated rings. The molecule has 0 saturated heterocycles. The zero-order valence-corrected chi connectivity index (χ0v) is 18.6. The van der Waals surface area contributed by atoms with E-state index in [1.165, 1.54) is 78.0 Å². The number of rotatable bonds is 8. The summed E-state index contributed by atoms with van der Waals surface area (Å²) in [5.74, 6) is 1.95. The van der Waals surface area contributed by atoms with Crippen molar-refractivity contribution < 1.29 is 0 Å². The summed E-state index contributed by atoms with van der Waals surface area (Å²) in [5, 5.41) is 2.65. The summed E-state index contributed by atoms with van der Waals surface area (Å²) in [5.41, 5.74) is 5.51. The highest BCUT2D eigenvalue weighted by atomic mass is 14.2. The summed E-state index contributed by atoms with van der Waals surface area (Å²) in [6.07, 6.45) is 13.9. The van der Waals surface area contributed by atoms with E-state index in [1.54, 1.807) is 0 Å². The van der Waals surface area contributed by atoms with Crippen LogP contribution in [0.25, 0.3) is 21.9 Å². The Morgan fingerprint density at radius 3 is 2.10 bits per heavy atom. The van der Waals surface area contributed by atoms with Gasteiger partial charge in [-0.3, -0.25) is 0 Å². The maximum Gasteiger partial charge on any atom is -0.0178 e. The van der Waals surface area contributed by atoms with Gasteiger partial charge in [0.15, 0.2) is 0 Å². The summed E-state index contributed by atoms with van der Waals surface area (Å²) >= 11 is 0. The molecule has 4 rings (SSSR count). The molecule has 3 aromatic rings. The standard InChI is InChI=1S/C30H36/c1-3-5-6-26-15-18-30-22-29(20-19-28(30)21-26)27-16-13-25(14-17-27)12-11-24-9-7-23(4-2)8-10-24/h3,13-24H,1,4-12H2,2H3. The van der Waals surface area contributed by atoms with Gasteiger partial charge in [0.1, 0.15) is 0 Å². The third-order valence-electron chi connectivity index (χ3n) is 7.21. The van der Waals surface area contributed by atoms with Crippen molar-refractivity contribution in [2.45, 2.75) is 64.7 Å². The summed E-state index contributed by atoms with van der Waals surface area (Å²) in [4.78, 5) is 0. The van der Waals surface area contributed by atoms with Crippen LogP contribution >= 0.6 is 0 Å². The SMILES string of the molecule is C=CCCc1ccc2cc(-c3ccc(CCC4CCC(CC)CC4)cc3)ccc2c1. The number of allylic oxidation sites excluding steroid dienone is 1. The normalized spacial score (nSPS) is 19.1. The van der Waals surface area contributed by atoms with Gasteiger partial charge in [-0.25, -0.2) is 0 Å². The second-order valence-corrected chi connectivity index (χ2v) is 9.25. The summed E-state index contributed by atoms with van der Waals surface area (Å²) in [6.45, 7) is 6.18. The van der Waals surface area contributed by atoms with Crippen LogP contribution in [-0.4, -0.2) is 0 Å². The van der Waals surface area contributed by atoms with E-state index in [0.717, 1.165) is 24.7 Å². The van der Waals surface area contributed by atoms with E-state index in [2.05, 4.69) is 74.2 Å². The molecule has 0 aromatic heterocycles. The summed E-state index contributed by atoms with van der Waals surface area (Å²) < 4.78 is 0. The van der Waals surface area contributed by atoms with Crippen molar-refractivity contribution >= 4 is 10.8 Å². The molecule has 0 nitrogen and oxygen atoms in total. The smallest absolute Gasteiger partial charge is 0.0178 e. The van der Waals surface area contributed by atoms with Gasteiger partial charge in [0.2, 0.25) is 0 Å². The summed E-state index contributed by atoms with van der Waals surface area (Å²) in [6, 6.07) is 23.0. The number of aryl methyl sites for hydroxylation is 2. The van der Waals surface area contributed by atoms with Gasteiger partial charge in [-0.2, -0.15) is 0 Å². The second kappa shape index (κ2) is 10.1. The maximum absolute atomic E-state index is 3.83. The molecule has 0 heteroatoms. The highest BCUT2D eigenvalue weighted by molar-refractivity contribution is 5.87. The van der Waals surface area contributed by atoms with Gasteiger partial charge in [-0.05, 0) is 76.6 Å². The van der Waals surface area contributed by atoms with E-state index >= 15 is 0 Å². The van der Waals surface area contributed by atoms with Gasteiger partial charge in [-0.15, -0.1) is 6.58 Å². The van der Waals surface area contributed by atoms with Crippen molar-refractivity contribution in [3.05, 3.63) is 84.4 Å². The third kappa shape index (κ3) is 5.22. The Hall–Kier alpha value is -2.34. The minimum absolute atomic E-state index is 0.948. The Morgan fingerprint density at radius 1 is 0.733 bits per heavy atom. The van der Waals surface area contributed by atoms with Crippen molar-refractivity contribution in [3.63, 3.8) is 0 Å². The predicted octanol–water partition coefficient (Wildman–Crippen LogP) is 8.77. The maximum atomic E-state index is 3.83. The molecular formula is C30H36. The van der Waals surface area contributed by atoms with Crippen molar-refractivity contribution in [2.75, 3.05) is 0 Å². The molecule has 0 radical (unpaired) electrons. The molecule has 30 heavy (non-hydrogen) atoms. The zero-order chi connectivity index (χ0) is 20.8. The monoisotopic (exact) mass is 396 g/mol. The predicted molar refractivity (Wildman–Crippen MR) is 132 cm³/mol. The Labute approximate surface area is 183 Å². The fourth-order valence-corrected chi connectivity index (χ4v) is 5.06. The lowest BCUT2D eigenvalue weighted by Gasteiger charge is -2.27. The van der Waals surface area contributed by atoms with Crippen LogP contribution in [0.4, 0.5) is 0 Å². The largest absolute Gasteiger partial charge is 0.103 e. The highest BCUT2D eigenvalue weighted by Gasteiger charge is 2.19. The fourth-order valence-electron chi connectivity index (χ4n) is 5.06. The minimum Gasteiger partial charge on any atom is -0.103 e. The second-order valence-electron chi connectivity index (χ2n) is 9.25. The van der Waals surface area contributed by atoms with Crippen molar-refractivity contribution in [3.8, 4) is 11.1 Å². The van der Waals surface area contributed by atoms with Crippen LogP contribution in [0.5, 0.6) is 0 Å². The molecule has 3 aromatic carbocycles. The molecule has 1 aliphatic rings. The Kier molecular flexibility index (Phi) is 7.05. The molecule has 0 bridgehead atoms. The molecule has 0 aliphatic heterocycles. The van der Waals surface area contributed by atoms with Crippen molar-refractivity contribution in [1.29, 1.82) is 0 Å². The van der Waals surface area contributed by atoms with Gasteiger partial charge < -0.3 is 0 Å². The molecular weight excluding hydrogens is 360 g/mol. The zero-order valence-electron chi connectivity index (χ0n) is 18.6. The van der Waals surface area contributed by atoms with E-state index < -0.39 is 0 Å². The topological polar surface area (TPSA) is 0 Å². The molecule has 0 unspecified atom stereocenters. The highest BCUT2D eigenvalue weighted by Crippen LogP contribution is 2.33. The van der Waals surface area contributed by atoms with Crippen molar-refractivity contribution in [1.82, 2.24) is 0 Å². The molecule has 0 heterocycles. The van der Waals surface area contributed by atoms with Gasteiger partial charge in [0.25, 0.3) is 0 Å². The van der Waals surface area contributed by atoms with Crippen LogP contribution in [0.2, 0.25) is 0 Å². The molecule has 0 N–H and O–H groups in total. The van der Waals surface area contributed by atoms with Gasteiger partial charge >= 0.3 is 0 Å². The minimum atomic E-state index is 0.948. The van der Waals surface area contributed by atoms with Crippen LogP contribution in [0.1, 0.15) is 63.0 Å². The number of hydrogen-bond acceptors (Lipinski definition) is 0. The van der Waals surface area contributed by atoms with Crippen LogP contribution in [0, 0.1) is 11.8 Å². The first-order chi connectivity index (χ1) is 14.7. The van der Waals surface area contributed by atoms with Crippen molar-refractivity contribution in [2.24, 2.45) is 11.8 Å². The molecule has 0 atom stereocenters. The van der Waals surface area contributed by atoms with E-state index in [-0.39, 0.29) is 0 Å². The van der Waals surface area contributed by atoms with Crippen LogP contribution in [0.3, 0.4) is 0 Å². The van der Waals surface area contributed by atoms with Crippen LogP contribution in [-0.2, 0) is 12.8 Å². The molecule has 1 saturated carbocycles. The number of benzene rings is 3. The lowest BCUT2D eigenvalue weighted by molar-refractivity contribution is 0.259. The number of hydrogen-bond donors (Lipinski definition) is 0. The molecule has 156 valence electrons. The molecule has 0 amide bonds. The average molecular weight is 397 g/mol.